The molecule has 1 amide bonds. The monoisotopic (exact) mass is 448 g/mol. The lowest BCUT2D eigenvalue weighted by molar-refractivity contribution is 0.102. The molecule has 2 aromatic carbocycles. The molecular formula is C22H20N6O3S. The number of nitrogens with zero attached hydrogens (tertiary/aromatic N) is 5. The van der Waals surface area contributed by atoms with Crippen molar-refractivity contribution in [1.29, 1.82) is 0 Å². The van der Waals surface area contributed by atoms with Crippen LogP contribution >= 0.6 is 0 Å². The van der Waals surface area contributed by atoms with E-state index in [1.165, 1.54) is 33.8 Å². The quantitative estimate of drug-likeness (QED) is 0.465. The largest absolute Gasteiger partial charge is 0.319 e. The molecule has 0 atom stereocenters. The van der Waals surface area contributed by atoms with Gasteiger partial charge in [0.25, 0.3) is 15.9 Å². The average molecular weight is 449 g/mol. The van der Waals surface area contributed by atoms with Crippen molar-refractivity contribution in [3.63, 3.8) is 0 Å². The molecule has 0 unspecified atom stereocenters. The summed E-state index contributed by atoms with van der Waals surface area (Å²) in [6.07, 6.45) is 4.40. The minimum absolute atomic E-state index is 0.0264. The first-order valence-corrected chi connectivity index (χ1v) is 11.2. The number of aromatic nitrogens is 4. The molecule has 1 N–H and O–H groups in total. The van der Waals surface area contributed by atoms with Gasteiger partial charge in [-0.25, -0.2) is 23.1 Å². The Morgan fingerprint density at radius 2 is 1.88 bits per heavy atom. The SMILES string of the molecule is CCN(c1ccccc1)S(=O)(=O)c1cccc(C(=O)Nc2cccnc2-n2cncn2)c1. The summed E-state index contributed by atoms with van der Waals surface area (Å²) in [5.41, 5.74) is 1.16. The number of anilines is 2. The Labute approximate surface area is 185 Å². The Morgan fingerprint density at radius 3 is 2.59 bits per heavy atom. The van der Waals surface area contributed by atoms with Gasteiger partial charge in [-0.05, 0) is 49.4 Å². The van der Waals surface area contributed by atoms with E-state index in [1.54, 1.807) is 61.7 Å². The molecule has 2 heterocycles. The van der Waals surface area contributed by atoms with Crippen molar-refractivity contribution in [3.8, 4) is 5.82 Å². The topological polar surface area (TPSA) is 110 Å². The zero-order valence-corrected chi connectivity index (χ0v) is 18.0. The van der Waals surface area contributed by atoms with Crippen LogP contribution in [0, 0.1) is 0 Å². The Morgan fingerprint density at radius 1 is 1.06 bits per heavy atom. The fraction of sp³-hybridized carbons (Fsp3) is 0.0909. The molecule has 0 aliphatic heterocycles. The highest BCUT2D eigenvalue weighted by molar-refractivity contribution is 7.92. The maximum absolute atomic E-state index is 13.3. The molecule has 0 spiro atoms. The molecule has 4 rings (SSSR count). The predicted octanol–water partition coefficient (Wildman–Crippen LogP) is 3.13. The van der Waals surface area contributed by atoms with E-state index in [9.17, 15) is 13.2 Å². The van der Waals surface area contributed by atoms with E-state index in [2.05, 4.69) is 20.4 Å². The number of rotatable bonds is 7. The molecule has 0 aliphatic rings. The van der Waals surface area contributed by atoms with Gasteiger partial charge >= 0.3 is 0 Å². The zero-order chi connectivity index (χ0) is 22.6. The van der Waals surface area contributed by atoms with E-state index in [1.807, 2.05) is 6.07 Å². The zero-order valence-electron chi connectivity index (χ0n) is 17.2. The van der Waals surface area contributed by atoms with E-state index < -0.39 is 15.9 Å². The first-order valence-electron chi connectivity index (χ1n) is 9.80. The number of nitrogens with one attached hydrogen (secondary N) is 1. The van der Waals surface area contributed by atoms with Crippen LogP contribution in [-0.2, 0) is 10.0 Å². The van der Waals surface area contributed by atoms with Gasteiger partial charge in [-0.1, -0.05) is 24.3 Å². The molecule has 0 radical (unpaired) electrons. The molecule has 32 heavy (non-hydrogen) atoms. The third-order valence-corrected chi connectivity index (χ3v) is 6.59. The van der Waals surface area contributed by atoms with Gasteiger partial charge in [-0.15, -0.1) is 0 Å². The van der Waals surface area contributed by atoms with Crippen molar-refractivity contribution in [2.75, 3.05) is 16.2 Å². The number of carbonyl (C=O) groups is 1. The van der Waals surface area contributed by atoms with Crippen LogP contribution in [-0.4, -0.2) is 40.6 Å². The number of para-hydroxylation sites is 1. The summed E-state index contributed by atoms with van der Waals surface area (Å²) in [7, 11) is -3.86. The van der Waals surface area contributed by atoms with E-state index in [4.69, 9.17) is 0 Å². The van der Waals surface area contributed by atoms with Crippen molar-refractivity contribution >= 4 is 27.3 Å². The number of hydrogen-bond acceptors (Lipinski definition) is 6. The molecule has 0 fully saturated rings. The van der Waals surface area contributed by atoms with Crippen LogP contribution in [0.4, 0.5) is 11.4 Å². The van der Waals surface area contributed by atoms with Crippen LogP contribution in [0.2, 0.25) is 0 Å². The second kappa shape index (κ2) is 8.98. The van der Waals surface area contributed by atoms with Crippen LogP contribution < -0.4 is 9.62 Å². The Hall–Kier alpha value is -4.05. The molecule has 162 valence electrons. The number of benzene rings is 2. The fourth-order valence-corrected chi connectivity index (χ4v) is 4.72. The van der Waals surface area contributed by atoms with Gasteiger partial charge in [-0.2, -0.15) is 5.10 Å². The summed E-state index contributed by atoms with van der Waals surface area (Å²) in [4.78, 5) is 21.1. The van der Waals surface area contributed by atoms with Crippen LogP contribution in [0.3, 0.4) is 0 Å². The van der Waals surface area contributed by atoms with Crippen LogP contribution in [0.5, 0.6) is 0 Å². The van der Waals surface area contributed by atoms with Gasteiger partial charge in [0.1, 0.15) is 12.7 Å². The van der Waals surface area contributed by atoms with Crippen LogP contribution in [0.25, 0.3) is 5.82 Å². The van der Waals surface area contributed by atoms with Gasteiger partial charge in [0.05, 0.1) is 16.3 Å². The lowest BCUT2D eigenvalue weighted by Crippen LogP contribution is -2.31. The molecule has 0 saturated heterocycles. The summed E-state index contributed by atoms with van der Waals surface area (Å²) in [5.74, 6) is -0.0810. The number of pyridine rings is 1. The molecule has 4 aromatic rings. The van der Waals surface area contributed by atoms with Crippen molar-refractivity contribution < 1.29 is 13.2 Å². The molecule has 2 aromatic heterocycles. The summed E-state index contributed by atoms with van der Waals surface area (Å²) < 4.78 is 29.3. The molecule has 10 heteroatoms. The molecule has 0 bridgehead atoms. The molecular weight excluding hydrogens is 428 g/mol. The van der Waals surface area contributed by atoms with Gasteiger partial charge in [0.15, 0.2) is 5.82 Å². The summed E-state index contributed by atoms with van der Waals surface area (Å²) in [6, 6.07) is 18.1. The van der Waals surface area contributed by atoms with E-state index in [0.29, 0.717) is 17.2 Å². The van der Waals surface area contributed by atoms with Crippen molar-refractivity contribution in [2.24, 2.45) is 0 Å². The number of carbonyl (C=O) groups excluding carboxylic acids is 1. The highest BCUT2D eigenvalue weighted by atomic mass is 32.2. The highest BCUT2D eigenvalue weighted by Gasteiger charge is 2.24. The standard InChI is InChI=1S/C22H20N6O3S/c1-2-28(18-9-4-3-5-10-18)32(30,31)19-11-6-8-17(14-19)22(29)26-20-12-7-13-24-21(20)27-16-23-15-25-27/h3-16H,2H2,1H3,(H,26,29). The predicted molar refractivity (Wildman–Crippen MR) is 120 cm³/mol. The van der Waals surface area contributed by atoms with Gasteiger partial charge in [0, 0.05) is 18.3 Å². The fourth-order valence-electron chi connectivity index (χ4n) is 3.20. The second-order valence-corrected chi connectivity index (χ2v) is 8.56. The van der Waals surface area contributed by atoms with E-state index >= 15 is 0 Å². The first kappa shape index (κ1) is 21.2. The van der Waals surface area contributed by atoms with Crippen molar-refractivity contribution in [3.05, 3.63) is 91.1 Å². The highest BCUT2D eigenvalue weighted by Crippen LogP contribution is 2.24. The van der Waals surface area contributed by atoms with E-state index in [-0.39, 0.29) is 17.0 Å². The Bertz CT molecular complexity index is 1320. The first-order chi connectivity index (χ1) is 15.5. The maximum Gasteiger partial charge on any atom is 0.264 e. The third kappa shape index (κ3) is 4.21. The maximum atomic E-state index is 13.3. The lowest BCUT2D eigenvalue weighted by atomic mass is 10.2. The van der Waals surface area contributed by atoms with Crippen molar-refractivity contribution in [1.82, 2.24) is 19.7 Å². The third-order valence-electron chi connectivity index (χ3n) is 4.69. The van der Waals surface area contributed by atoms with Gasteiger partial charge in [-0.3, -0.25) is 9.10 Å². The summed E-state index contributed by atoms with van der Waals surface area (Å²) >= 11 is 0. The van der Waals surface area contributed by atoms with Gasteiger partial charge in [0.2, 0.25) is 0 Å². The summed E-state index contributed by atoms with van der Waals surface area (Å²) in [6.45, 7) is 2.01. The average Bonchev–Trinajstić information content (AvgIpc) is 3.35. The minimum atomic E-state index is -3.86. The smallest absolute Gasteiger partial charge is 0.264 e. The number of amides is 1. The normalized spacial score (nSPS) is 11.2. The van der Waals surface area contributed by atoms with Gasteiger partial charge < -0.3 is 5.32 Å². The van der Waals surface area contributed by atoms with Crippen LogP contribution in [0.15, 0.2) is 90.5 Å². The Kier molecular flexibility index (Phi) is 5.95. The molecule has 0 aliphatic carbocycles. The van der Waals surface area contributed by atoms with Crippen LogP contribution in [0.1, 0.15) is 17.3 Å². The molecule has 0 saturated carbocycles. The summed E-state index contributed by atoms with van der Waals surface area (Å²) in [5, 5.41) is 6.81. The minimum Gasteiger partial charge on any atom is -0.319 e. The number of hydrogen-bond donors (Lipinski definition) is 1. The number of sulfonamides is 1. The Balaban J connectivity index is 1.63. The lowest BCUT2D eigenvalue weighted by Gasteiger charge is -2.23. The van der Waals surface area contributed by atoms with Crippen molar-refractivity contribution in [2.45, 2.75) is 11.8 Å². The van der Waals surface area contributed by atoms with E-state index in [0.717, 1.165) is 0 Å². The second-order valence-electron chi connectivity index (χ2n) is 6.70. The molecule has 9 nitrogen and oxygen atoms in total.